The summed E-state index contributed by atoms with van der Waals surface area (Å²) in [6.45, 7) is 4.28. The van der Waals surface area contributed by atoms with Crippen LogP contribution in [-0.4, -0.2) is 59.8 Å². The number of hydrazine groups is 1. The Morgan fingerprint density at radius 3 is 2.44 bits per heavy atom. The second-order valence-electron chi connectivity index (χ2n) is 9.52. The zero-order valence-electron chi connectivity index (χ0n) is 22.1. The van der Waals surface area contributed by atoms with Gasteiger partial charge in [-0.1, -0.05) is 29.6 Å². The molecular formula is C30H31Cl2N3O4. The van der Waals surface area contributed by atoms with Crippen LogP contribution in [0.4, 0.5) is 0 Å². The number of hydrogen-bond acceptors (Lipinski definition) is 5. The van der Waals surface area contributed by atoms with Gasteiger partial charge in [0.05, 0.1) is 35.7 Å². The summed E-state index contributed by atoms with van der Waals surface area (Å²) in [6.07, 6.45) is 6.98. The molecule has 0 saturated carbocycles. The van der Waals surface area contributed by atoms with Gasteiger partial charge in [-0.05, 0) is 73.9 Å². The van der Waals surface area contributed by atoms with E-state index in [9.17, 15) is 9.59 Å². The summed E-state index contributed by atoms with van der Waals surface area (Å²) in [5.41, 5.74) is 4.34. The fourth-order valence-electron chi connectivity index (χ4n) is 5.41. The molecule has 2 aromatic carbocycles. The second kappa shape index (κ2) is 11.9. The predicted molar refractivity (Wildman–Crippen MR) is 154 cm³/mol. The van der Waals surface area contributed by atoms with Crippen molar-refractivity contribution in [1.82, 2.24) is 14.6 Å². The van der Waals surface area contributed by atoms with Gasteiger partial charge in [0.1, 0.15) is 5.75 Å². The van der Waals surface area contributed by atoms with Crippen molar-refractivity contribution in [2.75, 3.05) is 33.4 Å². The lowest BCUT2D eigenvalue weighted by atomic mass is 9.99. The minimum absolute atomic E-state index is 0.0831. The molecule has 204 valence electrons. The normalized spacial score (nSPS) is 16.0. The summed E-state index contributed by atoms with van der Waals surface area (Å²) in [5, 5.41) is 5.01. The third-order valence-electron chi connectivity index (χ3n) is 7.18. The Kier molecular flexibility index (Phi) is 8.31. The van der Waals surface area contributed by atoms with Crippen molar-refractivity contribution < 1.29 is 19.1 Å². The minimum atomic E-state index is -0.472. The predicted octanol–water partition coefficient (Wildman–Crippen LogP) is 6.44. The molecule has 0 spiro atoms. The van der Waals surface area contributed by atoms with E-state index in [0.29, 0.717) is 45.6 Å². The van der Waals surface area contributed by atoms with Gasteiger partial charge in [0.2, 0.25) is 0 Å². The summed E-state index contributed by atoms with van der Waals surface area (Å²) < 4.78 is 12.6. The Bertz CT molecular complexity index is 1410. The maximum absolute atomic E-state index is 14.2. The number of piperidine rings is 1. The fourth-order valence-corrected chi connectivity index (χ4v) is 5.91. The molecule has 9 heteroatoms. The molecule has 0 atom stereocenters. The van der Waals surface area contributed by atoms with Crippen LogP contribution >= 0.6 is 23.2 Å². The largest absolute Gasteiger partial charge is 0.497 e. The number of nitrogens with zero attached hydrogens (tertiary/aromatic N) is 3. The number of halogens is 2. The molecule has 1 amide bonds. The topological polar surface area (TPSA) is 64.0 Å². The van der Waals surface area contributed by atoms with Gasteiger partial charge in [0, 0.05) is 48.4 Å². The molecule has 0 radical (unpaired) electrons. The van der Waals surface area contributed by atoms with Crippen LogP contribution in [-0.2, 0) is 16.0 Å². The first-order valence-electron chi connectivity index (χ1n) is 13.2. The Balaban J connectivity index is 1.77. The van der Waals surface area contributed by atoms with Gasteiger partial charge < -0.3 is 14.0 Å². The fraction of sp³-hybridized carbons (Fsp3) is 0.333. The standard InChI is InChI=1S/C30H31Cl2N3O4/c1-3-39-27(36)14-12-23-28-26(15-18-34(30(28)37)33-16-5-4-6-17-33)35(25-13-9-21(31)19-24(25)32)29(23)20-7-10-22(38-2)11-8-20/h7-14,19H,3-6,15-18H2,1-2H3. The number of fused-ring (bicyclic) bond motifs is 1. The monoisotopic (exact) mass is 567 g/mol. The zero-order chi connectivity index (χ0) is 27.5. The van der Waals surface area contributed by atoms with Crippen LogP contribution in [0.3, 0.4) is 0 Å². The molecule has 1 aromatic heterocycles. The lowest BCUT2D eigenvalue weighted by Gasteiger charge is -2.39. The molecule has 3 heterocycles. The number of ether oxygens (including phenoxy) is 2. The van der Waals surface area contributed by atoms with E-state index in [-0.39, 0.29) is 12.5 Å². The Labute approximate surface area is 238 Å². The first kappa shape index (κ1) is 27.3. The lowest BCUT2D eigenvalue weighted by molar-refractivity contribution is -0.137. The first-order chi connectivity index (χ1) is 18.9. The average Bonchev–Trinajstić information content (AvgIpc) is 3.27. The summed E-state index contributed by atoms with van der Waals surface area (Å²) in [7, 11) is 1.62. The number of esters is 1. The number of hydrogen-bond donors (Lipinski definition) is 0. The maximum atomic E-state index is 14.2. The molecule has 3 aromatic rings. The van der Waals surface area contributed by atoms with Crippen LogP contribution in [0.15, 0.2) is 48.5 Å². The summed E-state index contributed by atoms with van der Waals surface area (Å²) >= 11 is 13.0. The number of aromatic nitrogens is 1. The number of benzene rings is 2. The van der Waals surface area contributed by atoms with Gasteiger partial charge in [0.15, 0.2) is 0 Å². The smallest absolute Gasteiger partial charge is 0.330 e. The van der Waals surface area contributed by atoms with E-state index in [0.717, 1.165) is 42.9 Å². The SMILES string of the molecule is CCOC(=O)C=Cc1c2c(n(-c3ccc(Cl)cc3Cl)c1-c1ccc(OC)cc1)CCN(N1CCCCC1)C2=O. The van der Waals surface area contributed by atoms with Gasteiger partial charge in [-0.2, -0.15) is 0 Å². The molecule has 0 aliphatic carbocycles. The van der Waals surface area contributed by atoms with Gasteiger partial charge in [-0.25, -0.2) is 9.80 Å². The van der Waals surface area contributed by atoms with E-state index in [2.05, 4.69) is 5.01 Å². The Morgan fingerprint density at radius 2 is 1.77 bits per heavy atom. The number of amides is 1. The molecule has 0 N–H and O–H groups in total. The summed E-state index contributed by atoms with van der Waals surface area (Å²) in [6, 6.07) is 13.0. The number of carbonyl (C=O) groups excluding carboxylic acids is 2. The summed E-state index contributed by atoms with van der Waals surface area (Å²) in [5.74, 6) is 0.155. The lowest BCUT2D eigenvalue weighted by Crippen LogP contribution is -2.51. The Morgan fingerprint density at radius 1 is 1.03 bits per heavy atom. The maximum Gasteiger partial charge on any atom is 0.330 e. The molecule has 7 nitrogen and oxygen atoms in total. The number of carbonyl (C=O) groups is 2. The van der Waals surface area contributed by atoms with Crippen LogP contribution in [0.1, 0.15) is 47.8 Å². The van der Waals surface area contributed by atoms with Crippen molar-refractivity contribution in [3.8, 4) is 22.7 Å². The highest BCUT2D eigenvalue weighted by atomic mass is 35.5. The Hall–Kier alpha value is -3.26. The van der Waals surface area contributed by atoms with Crippen LogP contribution in [0.5, 0.6) is 5.75 Å². The molecule has 2 aliphatic heterocycles. The zero-order valence-corrected chi connectivity index (χ0v) is 23.6. The van der Waals surface area contributed by atoms with E-state index in [1.54, 1.807) is 32.2 Å². The van der Waals surface area contributed by atoms with Crippen molar-refractivity contribution >= 4 is 41.2 Å². The molecule has 2 aliphatic rings. The van der Waals surface area contributed by atoms with Crippen molar-refractivity contribution in [2.24, 2.45) is 0 Å². The van der Waals surface area contributed by atoms with E-state index < -0.39 is 5.97 Å². The minimum Gasteiger partial charge on any atom is -0.497 e. The van der Waals surface area contributed by atoms with Gasteiger partial charge in [0.25, 0.3) is 5.91 Å². The van der Waals surface area contributed by atoms with Crippen LogP contribution in [0, 0.1) is 0 Å². The van der Waals surface area contributed by atoms with Crippen molar-refractivity contribution in [3.05, 3.63) is 75.4 Å². The molecular weight excluding hydrogens is 537 g/mol. The molecule has 39 heavy (non-hydrogen) atoms. The molecule has 5 rings (SSSR count). The van der Waals surface area contributed by atoms with Gasteiger partial charge in [-0.15, -0.1) is 0 Å². The molecule has 0 unspecified atom stereocenters. The van der Waals surface area contributed by atoms with E-state index in [4.69, 9.17) is 32.7 Å². The van der Waals surface area contributed by atoms with Crippen LogP contribution < -0.4 is 4.74 Å². The van der Waals surface area contributed by atoms with Crippen LogP contribution in [0.2, 0.25) is 10.0 Å². The highest BCUT2D eigenvalue weighted by Crippen LogP contribution is 2.41. The molecule has 1 fully saturated rings. The van der Waals surface area contributed by atoms with E-state index >= 15 is 0 Å². The summed E-state index contributed by atoms with van der Waals surface area (Å²) in [4.78, 5) is 26.6. The first-order valence-corrected chi connectivity index (χ1v) is 14.0. The van der Waals surface area contributed by atoms with E-state index in [1.165, 1.54) is 12.5 Å². The second-order valence-corrected chi connectivity index (χ2v) is 10.4. The quantitative estimate of drug-likeness (QED) is 0.243. The highest BCUT2D eigenvalue weighted by Gasteiger charge is 2.37. The third kappa shape index (κ3) is 5.44. The van der Waals surface area contributed by atoms with Crippen molar-refractivity contribution in [3.63, 3.8) is 0 Å². The molecule has 1 saturated heterocycles. The average molecular weight is 569 g/mol. The number of methoxy groups -OCH3 is 1. The van der Waals surface area contributed by atoms with Gasteiger partial charge in [-0.3, -0.25) is 9.80 Å². The van der Waals surface area contributed by atoms with Gasteiger partial charge >= 0.3 is 5.97 Å². The van der Waals surface area contributed by atoms with Crippen molar-refractivity contribution in [1.29, 1.82) is 0 Å². The highest BCUT2D eigenvalue weighted by molar-refractivity contribution is 6.35. The van der Waals surface area contributed by atoms with Crippen LogP contribution in [0.25, 0.3) is 23.0 Å². The van der Waals surface area contributed by atoms with Crippen molar-refractivity contribution in [2.45, 2.75) is 32.6 Å². The third-order valence-corrected chi connectivity index (χ3v) is 7.71. The molecule has 0 bridgehead atoms. The van der Waals surface area contributed by atoms with E-state index in [1.807, 2.05) is 39.9 Å². The number of rotatable bonds is 7.